The van der Waals surface area contributed by atoms with Crippen molar-refractivity contribution in [3.63, 3.8) is 0 Å². The molecule has 0 unspecified atom stereocenters. The zero-order chi connectivity index (χ0) is 50.8. The quantitative estimate of drug-likeness (QED) is 0.174. The Balaban J connectivity index is 1.22. The molecule has 0 aromatic heterocycles. The van der Waals surface area contributed by atoms with E-state index in [2.05, 4.69) is 235 Å². The second kappa shape index (κ2) is 16.2. The van der Waals surface area contributed by atoms with E-state index in [1.807, 2.05) is 0 Å². The Bertz CT molecular complexity index is 3410. The van der Waals surface area contributed by atoms with Gasteiger partial charge in [0.25, 0.3) is 0 Å². The molecule has 7 aromatic rings. The summed E-state index contributed by atoms with van der Waals surface area (Å²) >= 11 is 0. The molecule has 0 amide bonds. The van der Waals surface area contributed by atoms with Crippen molar-refractivity contribution in [1.82, 2.24) is 0 Å². The lowest BCUT2D eigenvalue weighted by atomic mass is 9.42. The van der Waals surface area contributed by atoms with Crippen molar-refractivity contribution in [3.05, 3.63) is 113 Å². The van der Waals surface area contributed by atoms with Crippen molar-refractivity contribution in [3.8, 4) is 33.4 Å². The van der Waals surface area contributed by atoms with Crippen LogP contribution in [0.3, 0.4) is 0 Å². The summed E-state index contributed by atoms with van der Waals surface area (Å²) in [6.07, 6.45) is 4.72. The number of nitrogens with zero attached hydrogens (tertiary/aromatic N) is 2. The number of benzene rings is 7. The van der Waals surface area contributed by atoms with E-state index in [0.717, 1.165) is 0 Å². The molecule has 71 heavy (non-hydrogen) atoms. The van der Waals surface area contributed by atoms with E-state index in [1.54, 1.807) is 0 Å². The van der Waals surface area contributed by atoms with Crippen molar-refractivity contribution < 1.29 is 0 Å². The van der Waals surface area contributed by atoms with Gasteiger partial charge in [-0.05, 0) is 157 Å². The first-order chi connectivity index (χ1) is 33.4. The molecule has 11 rings (SSSR count). The van der Waals surface area contributed by atoms with Crippen molar-refractivity contribution in [2.24, 2.45) is 0 Å². The molecule has 0 radical (unpaired) electrons. The van der Waals surface area contributed by atoms with Crippen LogP contribution in [0.5, 0.6) is 0 Å². The van der Waals surface area contributed by atoms with Gasteiger partial charge in [-0.15, -0.1) is 32.8 Å². The Kier molecular flexibility index (Phi) is 11.0. The molecule has 0 saturated carbocycles. The van der Waals surface area contributed by atoms with E-state index in [9.17, 15) is 0 Å². The SMILES string of the molecule is Bc1c(B)c(B)c(-c2ccc(N3B4c5cc6c(cc5N(c5ccc7c(c5)C(C)(C)CCC7(C)C)c5cccc(c54)-c4cc(-c5c(B)c(B)c(B)c(B)c5B)ccc43)C(C)(C)CCC6(C)C)cc2)c(B)c1B. The maximum Gasteiger partial charge on any atom is 0.333 e. The highest BCUT2D eigenvalue weighted by Gasteiger charge is 2.48. The van der Waals surface area contributed by atoms with Gasteiger partial charge in [-0.25, -0.2) is 0 Å². The minimum absolute atomic E-state index is 0.0416. The summed E-state index contributed by atoms with van der Waals surface area (Å²) in [6.45, 7) is 19.7. The minimum atomic E-state index is -0.0598. The molecule has 0 N–H and O–H groups in total. The van der Waals surface area contributed by atoms with Crippen LogP contribution >= 0.6 is 0 Å². The second-order valence-corrected chi connectivity index (χ2v) is 25.3. The van der Waals surface area contributed by atoms with Gasteiger partial charge >= 0.3 is 6.85 Å². The van der Waals surface area contributed by atoms with Crippen LogP contribution in [0.25, 0.3) is 33.4 Å². The van der Waals surface area contributed by atoms with Crippen molar-refractivity contribution in [2.75, 3.05) is 9.71 Å². The van der Waals surface area contributed by atoms with Crippen LogP contribution in [0.4, 0.5) is 28.4 Å². The number of hydrogen-bond acceptors (Lipinski definition) is 2. The maximum atomic E-state index is 2.73. The van der Waals surface area contributed by atoms with E-state index in [4.69, 9.17) is 0 Å². The molecule has 13 heteroatoms. The Hall–Kier alpha value is -5.15. The monoisotopic (exact) mass is 913 g/mol. The molecular formula is C58H67B11N2. The van der Waals surface area contributed by atoms with Crippen molar-refractivity contribution in [2.45, 2.75) is 103 Å². The highest BCUT2D eigenvalue weighted by molar-refractivity contribution is 6.93. The van der Waals surface area contributed by atoms with Crippen LogP contribution in [0.2, 0.25) is 0 Å². The zero-order valence-electron chi connectivity index (χ0n) is 46.5. The van der Waals surface area contributed by atoms with Crippen LogP contribution in [0.1, 0.15) is 103 Å². The van der Waals surface area contributed by atoms with Crippen LogP contribution in [0, 0.1) is 0 Å². The summed E-state index contributed by atoms with van der Waals surface area (Å²) in [5.74, 6) is 0. The summed E-state index contributed by atoms with van der Waals surface area (Å²) in [6, 6.07) is 37.2. The summed E-state index contributed by atoms with van der Waals surface area (Å²) < 4.78 is 0. The molecule has 7 aromatic carbocycles. The number of rotatable bonds is 4. The Morgan fingerprint density at radius 2 is 0.831 bits per heavy atom. The zero-order valence-corrected chi connectivity index (χ0v) is 46.5. The van der Waals surface area contributed by atoms with Crippen LogP contribution in [0.15, 0.2) is 91.0 Å². The molecule has 4 aliphatic rings. The first-order valence-electron chi connectivity index (χ1n) is 26.8. The van der Waals surface area contributed by atoms with Crippen LogP contribution < -0.4 is 75.3 Å². The third kappa shape index (κ3) is 7.03. The third-order valence-corrected chi connectivity index (χ3v) is 19.8. The fraction of sp³-hybridized carbons (Fsp3) is 0.276. The molecule has 0 bridgehead atoms. The minimum Gasteiger partial charge on any atom is -0.376 e. The molecule has 2 nitrogen and oxygen atoms in total. The highest BCUT2D eigenvalue weighted by Crippen LogP contribution is 2.53. The highest BCUT2D eigenvalue weighted by atomic mass is 15.2. The first kappa shape index (κ1) is 48.1. The summed E-state index contributed by atoms with van der Waals surface area (Å²) in [7, 11) is 23.1. The predicted octanol–water partition coefficient (Wildman–Crippen LogP) is -2.99. The summed E-state index contributed by atoms with van der Waals surface area (Å²) in [4.78, 5) is 5.42. The van der Waals surface area contributed by atoms with Gasteiger partial charge in [0.1, 0.15) is 78.5 Å². The lowest BCUT2D eigenvalue weighted by molar-refractivity contribution is 0.332. The molecule has 342 valence electrons. The van der Waals surface area contributed by atoms with Gasteiger partial charge in [0.15, 0.2) is 0 Å². The van der Waals surface area contributed by atoms with Gasteiger partial charge in [-0.1, -0.05) is 120 Å². The number of anilines is 5. The van der Waals surface area contributed by atoms with Crippen molar-refractivity contribution in [1.29, 1.82) is 0 Å². The lowest BCUT2D eigenvalue weighted by Gasteiger charge is -2.49. The average Bonchev–Trinajstić information content (AvgIpc) is 3.34. The molecule has 2 heterocycles. The van der Waals surface area contributed by atoms with Gasteiger partial charge in [0.2, 0.25) is 0 Å². The van der Waals surface area contributed by atoms with E-state index in [0.29, 0.717) is 0 Å². The molecule has 0 fully saturated rings. The largest absolute Gasteiger partial charge is 0.376 e. The van der Waals surface area contributed by atoms with Gasteiger partial charge in [-0.2, -0.15) is 0 Å². The third-order valence-electron chi connectivity index (χ3n) is 19.8. The van der Waals surface area contributed by atoms with E-state index < -0.39 is 0 Å². The summed E-state index contributed by atoms with van der Waals surface area (Å²) in [5.41, 5.74) is 37.2. The molecule has 0 atom stereocenters. The van der Waals surface area contributed by atoms with Crippen molar-refractivity contribution >= 4 is 179 Å². The Morgan fingerprint density at radius 1 is 0.380 bits per heavy atom. The fourth-order valence-electron chi connectivity index (χ4n) is 14.0. The average molecular weight is 911 g/mol. The Morgan fingerprint density at radius 3 is 1.38 bits per heavy atom. The molecule has 0 spiro atoms. The van der Waals surface area contributed by atoms with Gasteiger partial charge in [0, 0.05) is 34.0 Å². The number of hydrogen-bond donors (Lipinski definition) is 0. The van der Waals surface area contributed by atoms with Gasteiger partial charge in [0.05, 0.1) is 0 Å². The molecular weight excluding hydrogens is 844 g/mol. The topological polar surface area (TPSA) is 6.48 Å². The summed E-state index contributed by atoms with van der Waals surface area (Å²) in [5, 5.41) is 0. The Labute approximate surface area is 435 Å². The normalized spacial score (nSPS) is 17.4. The van der Waals surface area contributed by atoms with E-state index in [1.165, 1.54) is 175 Å². The standard InChI is InChI=1S/C58H67B11N2/c1-55(2)20-21-56(3,4)35-25-31(17-18-34(35)55)70-40-11-9-10-32-33-24-29(43-46(61)50(65)53(68)51(66)47(43)62)14-19-39(33)71(30-15-12-28(13-16-30)42-44(59)48(63)52(67)49(64)45(42)60)69(54(32)40)38-26-36-37(27-41(38)70)58(7,8)23-22-57(36,5)6/h9-19,24-27H,20-23,59-68H2,1-8H3. The predicted molar refractivity (Wildman–Crippen MR) is 343 cm³/mol. The first-order valence-corrected chi connectivity index (χ1v) is 26.8. The molecule has 0 saturated heterocycles. The fourth-order valence-corrected chi connectivity index (χ4v) is 14.0. The van der Waals surface area contributed by atoms with Crippen LogP contribution in [-0.2, 0) is 21.7 Å². The molecule has 2 aliphatic heterocycles. The van der Waals surface area contributed by atoms with Crippen LogP contribution in [-0.4, -0.2) is 85.3 Å². The van der Waals surface area contributed by atoms with Gasteiger partial charge in [-0.3, -0.25) is 0 Å². The van der Waals surface area contributed by atoms with Gasteiger partial charge < -0.3 is 9.71 Å². The molecule has 2 aliphatic carbocycles. The number of fused-ring (bicyclic) bond motifs is 6. The van der Waals surface area contributed by atoms with E-state index >= 15 is 0 Å². The van der Waals surface area contributed by atoms with E-state index in [-0.39, 0.29) is 28.5 Å². The maximum absolute atomic E-state index is 2.73. The smallest absolute Gasteiger partial charge is 0.333 e. The second-order valence-electron chi connectivity index (χ2n) is 25.3. The lowest BCUT2D eigenvalue weighted by Crippen LogP contribution is -2.62.